The van der Waals surface area contributed by atoms with Crippen LogP contribution in [0.1, 0.15) is 43.8 Å². The maximum Gasteiger partial charge on any atom is 0.461 e. The molecule has 0 heterocycles. The van der Waals surface area contributed by atoms with E-state index in [0.29, 0.717) is 22.4 Å². The fourth-order valence-corrected chi connectivity index (χ4v) is 6.06. The Labute approximate surface area is 386 Å². The highest BCUT2D eigenvalue weighted by Crippen LogP contribution is 2.37. The van der Waals surface area contributed by atoms with E-state index in [-0.39, 0.29) is 29.0 Å². The highest BCUT2D eigenvalue weighted by molar-refractivity contribution is 6.00. The molecule has 13 nitrogen and oxygen atoms in total. The lowest BCUT2D eigenvalue weighted by molar-refractivity contribution is -0.253. The molecule has 21 heteroatoms. The van der Waals surface area contributed by atoms with E-state index in [1.807, 2.05) is 0 Å². The number of alkyl halides is 8. The summed E-state index contributed by atoms with van der Waals surface area (Å²) in [5.41, 5.74) is 7.03. The van der Waals surface area contributed by atoms with Gasteiger partial charge in [-0.2, -0.15) is 35.1 Å². The van der Waals surface area contributed by atoms with Crippen molar-refractivity contribution >= 4 is 41.3 Å². The van der Waals surface area contributed by atoms with Gasteiger partial charge in [0.15, 0.2) is 28.8 Å². The van der Waals surface area contributed by atoms with Gasteiger partial charge >= 0.3 is 37.0 Å². The lowest BCUT2D eigenvalue weighted by atomic mass is 9.84. The second-order valence-corrected chi connectivity index (χ2v) is 14.6. The number of halogens is 8. The highest BCUT2D eigenvalue weighted by Gasteiger charge is 2.46. The van der Waals surface area contributed by atoms with Gasteiger partial charge in [-0.25, -0.2) is 9.59 Å². The molecule has 0 radical (unpaired) electrons. The van der Waals surface area contributed by atoms with Crippen molar-refractivity contribution in [2.24, 2.45) is 5.92 Å². The molecule has 0 bridgehead atoms. The number of allylic oxidation sites excluding steroid dienone is 1. The molecule has 1 atom stereocenters. The van der Waals surface area contributed by atoms with Crippen LogP contribution < -0.4 is 34.2 Å². The molecular weight excluding hydrogens is 935 g/mol. The van der Waals surface area contributed by atoms with Gasteiger partial charge in [-0.3, -0.25) is 9.59 Å². The zero-order valence-electron chi connectivity index (χ0n) is 35.9. The van der Waals surface area contributed by atoms with Crippen LogP contribution in [0, 0.1) is 5.92 Å². The van der Waals surface area contributed by atoms with Gasteiger partial charge in [0, 0.05) is 18.0 Å². The SMILES string of the molecule is COc1cc(C(=O)Oc2ccc(/C=C/C(=O)CC(Cc3ccc(N)cc3)C(O)(O)C(=O)/C=C/c3ccc(OC(=O)c4ccc(OC(F)(F)C(F)F)c(OC)c4)cc3)cc2)ccc1OC(F)(F)C(F)F. The Morgan fingerprint density at radius 3 is 1.42 bits per heavy atom. The predicted octanol–water partition coefficient (Wildman–Crippen LogP) is 8.99. The van der Waals surface area contributed by atoms with Gasteiger partial charge in [0.1, 0.15) is 11.5 Å². The van der Waals surface area contributed by atoms with Gasteiger partial charge in [-0.1, -0.05) is 48.6 Å². The number of methoxy groups -OCH3 is 2. The smallest absolute Gasteiger partial charge is 0.461 e. The number of nitrogen functional groups attached to an aromatic ring is 1. The molecule has 69 heavy (non-hydrogen) atoms. The number of carbonyl (C=O) groups excluding carboxylic acids is 4. The number of aliphatic hydroxyl groups is 2. The van der Waals surface area contributed by atoms with Gasteiger partial charge in [0.2, 0.25) is 11.6 Å². The van der Waals surface area contributed by atoms with Crippen molar-refractivity contribution in [2.45, 2.75) is 43.7 Å². The van der Waals surface area contributed by atoms with Gasteiger partial charge in [0.05, 0.1) is 25.3 Å². The molecule has 5 aromatic rings. The summed E-state index contributed by atoms with van der Waals surface area (Å²) in [7, 11) is 2.08. The Morgan fingerprint density at radius 2 is 1.01 bits per heavy atom. The Kier molecular flexibility index (Phi) is 16.9. The lowest BCUT2D eigenvalue weighted by Gasteiger charge is -2.28. The van der Waals surface area contributed by atoms with Crippen LogP contribution in [0.15, 0.2) is 121 Å². The van der Waals surface area contributed by atoms with Crippen molar-refractivity contribution < 1.29 is 92.9 Å². The average molecular weight is 974 g/mol. The van der Waals surface area contributed by atoms with Crippen LogP contribution in [-0.2, 0) is 16.0 Å². The fourth-order valence-electron chi connectivity index (χ4n) is 6.06. The molecule has 0 aliphatic heterocycles. The summed E-state index contributed by atoms with van der Waals surface area (Å²) in [4.78, 5) is 52.1. The van der Waals surface area contributed by atoms with Gasteiger partial charge < -0.3 is 44.4 Å². The topological polar surface area (TPSA) is 190 Å². The van der Waals surface area contributed by atoms with Crippen LogP contribution in [0.25, 0.3) is 12.2 Å². The third-order valence-corrected chi connectivity index (χ3v) is 9.71. The maximum absolute atomic E-state index is 13.4. The van der Waals surface area contributed by atoms with E-state index in [2.05, 4.69) is 9.47 Å². The van der Waals surface area contributed by atoms with Crippen molar-refractivity contribution in [3.05, 3.63) is 149 Å². The second kappa shape index (κ2) is 22.3. The third kappa shape index (κ3) is 14.1. The Morgan fingerprint density at radius 1 is 0.594 bits per heavy atom. The summed E-state index contributed by atoms with van der Waals surface area (Å²) in [5.74, 6) is -10.7. The second-order valence-electron chi connectivity index (χ2n) is 14.6. The number of hydrogen-bond acceptors (Lipinski definition) is 13. The van der Waals surface area contributed by atoms with Crippen molar-refractivity contribution in [1.29, 1.82) is 0 Å². The Balaban J connectivity index is 1.22. The molecule has 0 aliphatic carbocycles. The first kappa shape index (κ1) is 52.2. The van der Waals surface area contributed by atoms with Crippen LogP contribution in [0.5, 0.6) is 34.5 Å². The van der Waals surface area contributed by atoms with E-state index in [1.165, 1.54) is 60.7 Å². The molecular formula is C48H39F8NO12. The minimum Gasteiger partial charge on any atom is -0.493 e. The predicted molar refractivity (Wildman–Crippen MR) is 230 cm³/mol. The van der Waals surface area contributed by atoms with Crippen LogP contribution in [-0.4, -0.2) is 78.8 Å². The average Bonchev–Trinajstić information content (AvgIpc) is 3.31. The number of ketones is 2. The first-order valence-electron chi connectivity index (χ1n) is 19.9. The molecule has 0 fully saturated rings. The molecule has 364 valence electrons. The van der Waals surface area contributed by atoms with E-state index < -0.39 is 89.7 Å². The molecule has 0 saturated heterocycles. The standard InChI is InChI=1S/C48H39F8NO12/c1-64-39-24-30(11-20-37(39)68-47(53,54)44(49)50)42(60)66-35-16-6-27(7-17-35)5-15-34(58)26-32(23-29-3-13-33(57)14-4-29)46(62,63)41(59)22-10-28-8-18-36(19-9-28)67-43(61)31-12-21-38(40(25-31)65-2)69-48(55,56)45(51)52/h3-22,24-25,32,44-45,62-63H,23,26,57H2,1-2H3/b15-5+,22-10+. The fraction of sp³-hybridized carbons (Fsp3) is 0.208. The molecule has 4 N–H and O–H groups in total. The molecule has 0 aromatic heterocycles. The Hall–Kier alpha value is -7.78. The minimum absolute atomic E-state index is 0.00998. The van der Waals surface area contributed by atoms with Crippen molar-refractivity contribution in [1.82, 2.24) is 0 Å². The van der Waals surface area contributed by atoms with Crippen molar-refractivity contribution in [3.63, 3.8) is 0 Å². The largest absolute Gasteiger partial charge is 0.493 e. The number of carbonyl (C=O) groups is 4. The van der Waals surface area contributed by atoms with Gasteiger partial charge in [0.25, 0.3) is 0 Å². The first-order valence-corrected chi connectivity index (χ1v) is 19.9. The Bertz CT molecular complexity index is 2670. The number of rotatable bonds is 22. The van der Waals surface area contributed by atoms with Crippen molar-refractivity contribution in [2.75, 3.05) is 20.0 Å². The van der Waals surface area contributed by atoms with Gasteiger partial charge in [-0.15, -0.1) is 0 Å². The zero-order valence-corrected chi connectivity index (χ0v) is 35.9. The van der Waals surface area contributed by atoms with E-state index in [0.717, 1.165) is 62.8 Å². The number of esters is 2. The summed E-state index contributed by atoms with van der Waals surface area (Å²) in [5, 5.41) is 22.5. The molecule has 1 unspecified atom stereocenters. The summed E-state index contributed by atoms with van der Waals surface area (Å²) in [6, 6.07) is 22.8. The molecule has 0 saturated carbocycles. The quantitative estimate of drug-likeness (QED) is 0.0149. The zero-order chi connectivity index (χ0) is 50.7. The minimum atomic E-state index is -4.83. The van der Waals surface area contributed by atoms with E-state index in [1.54, 1.807) is 24.3 Å². The molecule has 0 aliphatic rings. The molecule has 5 aromatic carbocycles. The maximum atomic E-state index is 13.4. The summed E-state index contributed by atoms with van der Waals surface area (Å²) < 4.78 is 133. The van der Waals surface area contributed by atoms with E-state index in [4.69, 9.17) is 24.7 Å². The lowest BCUT2D eigenvalue weighted by Crippen LogP contribution is -2.46. The van der Waals surface area contributed by atoms with Crippen LogP contribution in [0.3, 0.4) is 0 Å². The summed E-state index contributed by atoms with van der Waals surface area (Å²) in [6.07, 6.45) is -14.0. The van der Waals surface area contributed by atoms with E-state index >= 15 is 0 Å². The summed E-state index contributed by atoms with van der Waals surface area (Å²) in [6.45, 7) is 0. The summed E-state index contributed by atoms with van der Waals surface area (Å²) >= 11 is 0. The van der Waals surface area contributed by atoms with Crippen molar-refractivity contribution in [3.8, 4) is 34.5 Å². The molecule has 5 rings (SSSR count). The number of hydrogen-bond donors (Lipinski definition) is 3. The number of nitrogens with two attached hydrogens (primary N) is 1. The monoisotopic (exact) mass is 973 g/mol. The van der Waals surface area contributed by atoms with Crippen LogP contribution >= 0.6 is 0 Å². The third-order valence-electron chi connectivity index (χ3n) is 9.71. The first-order chi connectivity index (χ1) is 32.5. The molecule has 0 amide bonds. The van der Waals surface area contributed by atoms with Crippen LogP contribution in [0.4, 0.5) is 40.8 Å². The van der Waals surface area contributed by atoms with Crippen LogP contribution in [0.2, 0.25) is 0 Å². The number of ether oxygens (including phenoxy) is 6. The number of anilines is 1. The molecule has 0 spiro atoms. The van der Waals surface area contributed by atoms with Gasteiger partial charge in [-0.05, 0) is 108 Å². The highest BCUT2D eigenvalue weighted by atomic mass is 19.3. The van der Waals surface area contributed by atoms with E-state index in [9.17, 15) is 64.5 Å². The normalized spacial score (nSPS) is 12.6. The number of benzene rings is 5.